The van der Waals surface area contributed by atoms with E-state index in [0.29, 0.717) is 42.2 Å². The number of carbonyl (C=O) groups excluding carboxylic acids is 2. The van der Waals surface area contributed by atoms with Crippen LogP contribution in [0, 0.1) is 11.3 Å². The minimum Gasteiger partial charge on any atom is -0.450 e. The van der Waals surface area contributed by atoms with E-state index in [0.717, 1.165) is 10.4 Å². The van der Waals surface area contributed by atoms with Crippen molar-refractivity contribution in [2.45, 2.75) is 19.9 Å². The van der Waals surface area contributed by atoms with E-state index in [1.165, 1.54) is 35.6 Å². The summed E-state index contributed by atoms with van der Waals surface area (Å²) in [5, 5.41) is 30.6. The summed E-state index contributed by atoms with van der Waals surface area (Å²) < 4.78 is 5.03. The lowest BCUT2D eigenvalue weighted by atomic mass is 10.0. The Bertz CT molecular complexity index is 933. The predicted octanol–water partition coefficient (Wildman–Crippen LogP) is 2.97. The normalized spacial score (nSPS) is 12.7. The van der Waals surface area contributed by atoms with Gasteiger partial charge in [0.2, 0.25) is 0 Å². The number of fused-ring (bicyclic) bond motifs is 1. The Hall–Kier alpha value is -3.13. The summed E-state index contributed by atoms with van der Waals surface area (Å²) in [6, 6.07) is 7.76. The van der Waals surface area contributed by atoms with E-state index in [1.807, 2.05) is 0 Å². The van der Waals surface area contributed by atoms with Crippen LogP contribution in [0.15, 0.2) is 24.3 Å². The van der Waals surface area contributed by atoms with Gasteiger partial charge in [0.15, 0.2) is 0 Å². The van der Waals surface area contributed by atoms with Gasteiger partial charge < -0.3 is 15.0 Å². The molecule has 0 spiro atoms. The second-order valence-electron chi connectivity index (χ2n) is 5.98. The Morgan fingerprint density at radius 2 is 2.07 bits per heavy atom. The lowest BCUT2D eigenvalue weighted by Gasteiger charge is -2.25. The van der Waals surface area contributed by atoms with Crippen LogP contribution in [0.5, 0.6) is 0 Å². The minimum atomic E-state index is -0.425. The van der Waals surface area contributed by atoms with Gasteiger partial charge in [-0.3, -0.25) is 15.2 Å². The summed E-state index contributed by atoms with van der Waals surface area (Å²) in [5.74, 6) is -0.425. The quantitative estimate of drug-likeness (QED) is 0.671. The molecule has 1 aliphatic rings. The van der Waals surface area contributed by atoms with Crippen molar-refractivity contribution >= 4 is 34.0 Å². The third-order valence-electron chi connectivity index (χ3n) is 4.28. The van der Waals surface area contributed by atoms with Gasteiger partial charge in [-0.15, -0.1) is 16.6 Å². The molecule has 2 heterocycles. The van der Waals surface area contributed by atoms with Crippen molar-refractivity contribution in [3.63, 3.8) is 0 Å². The first-order chi connectivity index (χ1) is 13.4. The van der Waals surface area contributed by atoms with Gasteiger partial charge in [0.25, 0.3) is 5.91 Å². The zero-order valence-corrected chi connectivity index (χ0v) is 15.8. The lowest BCUT2D eigenvalue weighted by molar-refractivity contribution is 0.0291. The molecular formula is C18H18N4O5S. The number of hydrogen-bond acceptors (Lipinski definition) is 8. The topological polar surface area (TPSA) is 126 Å². The van der Waals surface area contributed by atoms with Crippen molar-refractivity contribution in [2.75, 3.05) is 23.7 Å². The first kappa shape index (κ1) is 19.6. The maximum atomic E-state index is 12.5. The highest BCUT2D eigenvalue weighted by Gasteiger charge is 2.28. The molecule has 0 saturated heterocycles. The van der Waals surface area contributed by atoms with Crippen LogP contribution < -0.4 is 10.5 Å². The highest BCUT2D eigenvalue weighted by atomic mass is 32.1. The standard InChI is InChI=1S/C18H18N4O5S/c1-2-27-18(24)21-8-7-13-14(9-19)17(28-15(13)10-21)20-16(23)11-3-5-12(6-4-11)22(25)26/h3-6,25-26H,2,7-8,10H2,1H3,(H,20,23). The van der Waals surface area contributed by atoms with Crippen LogP contribution in [-0.2, 0) is 17.7 Å². The molecule has 10 heteroatoms. The number of ether oxygens (including phenoxy) is 1. The maximum Gasteiger partial charge on any atom is 0.410 e. The smallest absolute Gasteiger partial charge is 0.410 e. The minimum absolute atomic E-state index is 0.0436. The molecule has 2 aromatic rings. The predicted molar refractivity (Wildman–Crippen MR) is 101 cm³/mol. The second kappa shape index (κ2) is 8.26. The van der Waals surface area contributed by atoms with Crippen LogP contribution in [0.3, 0.4) is 0 Å². The summed E-state index contributed by atoms with van der Waals surface area (Å²) in [4.78, 5) is 26.9. The molecule has 1 aromatic heterocycles. The summed E-state index contributed by atoms with van der Waals surface area (Å²) in [6.45, 7) is 2.82. The van der Waals surface area contributed by atoms with Crippen LogP contribution in [0.1, 0.15) is 33.3 Å². The van der Waals surface area contributed by atoms with Crippen LogP contribution >= 0.6 is 11.3 Å². The Morgan fingerprint density at radius 1 is 1.36 bits per heavy atom. The molecule has 0 atom stereocenters. The van der Waals surface area contributed by atoms with Gasteiger partial charge in [0, 0.05) is 17.0 Å². The second-order valence-corrected chi connectivity index (χ2v) is 7.09. The SMILES string of the molecule is CCOC(=O)N1CCc2c(sc(NC(=O)c3ccc(N(O)O)cc3)c2C#N)C1. The molecule has 0 fully saturated rings. The lowest BCUT2D eigenvalue weighted by Crippen LogP contribution is -2.35. The van der Waals surface area contributed by atoms with Crippen molar-refractivity contribution in [2.24, 2.45) is 0 Å². The fourth-order valence-electron chi connectivity index (χ4n) is 2.90. The Kier molecular flexibility index (Phi) is 5.79. The van der Waals surface area contributed by atoms with Crippen molar-refractivity contribution in [1.82, 2.24) is 4.90 Å². The maximum absolute atomic E-state index is 12.5. The first-order valence-electron chi connectivity index (χ1n) is 8.50. The number of anilines is 2. The molecule has 0 radical (unpaired) electrons. The van der Waals surface area contributed by atoms with Crippen LogP contribution in [0.2, 0.25) is 0 Å². The zero-order valence-electron chi connectivity index (χ0n) is 15.0. The van der Waals surface area contributed by atoms with Gasteiger partial charge in [-0.05, 0) is 43.2 Å². The zero-order chi connectivity index (χ0) is 20.3. The highest BCUT2D eigenvalue weighted by molar-refractivity contribution is 7.16. The van der Waals surface area contributed by atoms with E-state index >= 15 is 0 Å². The third-order valence-corrected chi connectivity index (χ3v) is 5.41. The van der Waals surface area contributed by atoms with Crippen molar-refractivity contribution in [3.8, 4) is 6.07 Å². The molecular weight excluding hydrogens is 384 g/mol. The monoisotopic (exact) mass is 402 g/mol. The molecule has 0 saturated carbocycles. The van der Waals surface area contributed by atoms with Crippen molar-refractivity contribution in [3.05, 3.63) is 45.8 Å². The van der Waals surface area contributed by atoms with E-state index in [1.54, 1.807) is 11.8 Å². The number of carbonyl (C=O) groups is 2. The Balaban J connectivity index is 1.79. The van der Waals surface area contributed by atoms with Gasteiger partial charge in [-0.25, -0.2) is 4.79 Å². The molecule has 0 unspecified atom stereocenters. The van der Waals surface area contributed by atoms with E-state index < -0.39 is 12.0 Å². The Labute approximate surface area is 164 Å². The number of amides is 2. The van der Waals surface area contributed by atoms with Gasteiger partial charge in [0.05, 0.1) is 24.4 Å². The van der Waals surface area contributed by atoms with E-state index in [2.05, 4.69) is 11.4 Å². The molecule has 28 heavy (non-hydrogen) atoms. The molecule has 0 bridgehead atoms. The van der Waals surface area contributed by atoms with Crippen LogP contribution in [-0.4, -0.2) is 40.5 Å². The van der Waals surface area contributed by atoms with E-state index in [4.69, 9.17) is 15.2 Å². The summed E-state index contributed by atoms with van der Waals surface area (Å²) >= 11 is 1.26. The summed E-state index contributed by atoms with van der Waals surface area (Å²) in [6.07, 6.45) is 0.119. The molecule has 146 valence electrons. The number of nitriles is 1. The number of nitrogens with one attached hydrogen (secondary N) is 1. The van der Waals surface area contributed by atoms with E-state index in [-0.39, 0.29) is 10.9 Å². The summed E-state index contributed by atoms with van der Waals surface area (Å²) in [5.41, 5.74) is 1.66. The number of hydrogen-bond donors (Lipinski definition) is 3. The van der Waals surface area contributed by atoms with E-state index in [9.17, 15) is 14.9 Å². The fraction of sp³-hybridized carbons (Fsp3) is 0.278. The first-order valence-corrected chi connectivity index (χ1v) is 9.31. The molecule has 1 aliphatic heterocycles. The average molecular weight is 402 g/mol. The average Bonchev–Trinajstić information content (AvgIpc) is 3.04. The van der Waals surface area contributed by atoms with Crippen molar-refractivity contribution in [1.29, 1.82) is 5.26 Å². The Morgan fingerprint density at radius 3 is 2.68 bits per heavy atom. The number of benzene rings is 1. The summed E-state index contributed by atoms with van der Waals surface area (Å²) in [7, 11) is 0. The highest BCUT2D eigenvalue weighted by Crippen LogP contribution is 2.37. The number of nitrogens with zero attached hydrogens (tertiary/aromatic N) is 3. The third kappa shape index (κ3) is 3.91. The van der Waals surface area contributed by atoms with Gasteiger partial charge in [-0.2, -0.15) is 5.26 Å². The van der Waals surface area contributed by atoms with Gasteiger partial charge >= 0.3 is 6.09 Å². The molecule has 1 aromatic carbocycles. The fourth-order valence-corrected chi connectivity index (χ4v) is 4.11. The van der Waals surface area contributed by atoms with Crippen molar-refractivity contribution < 1.29 is 24.7 Å². The largest absolute Gasteiger partial charge is 0.450 e. The van der Waals surface area contributed by atoms with Gasteiger partial charge in [-0.1, -0.05) is 0 Å². The molecule has 3 rings (SSSR count). The number of rotatable bonds is 4. The molecule has 9 nitrogen and oxygen atoms in total. The molecule has 2 amide bonds. The van der Waals surface area contributed by atoms with Gasteiger partial charge in [0.1, 0.15) is 11.1 Å². The van der Waals surface area contributed by atoms with Crippen LogP contribution in [0.25, 0.3) is 0 Å². The molecule has 3 N–H and O–H groups in total. The van der Waals surface area contributed by atoms with Crippen LogP contribution in [0.4, 0.5) is 15.5 Å². The molecule has 0 aliphatic carbocycles. The number of thiophene rings is 1.